The van der Waals surface area contributed by atoms with Crippen molar-refractivity contribution < 1.29 is 14.3 Å². The molecule has 1 rings (SSSR count). The van der Waals surface area contributed by atoms with Gasteiger partial charge in [0, 0.05) is 30.8 Å². The zero-order valence-electron chi connectivity index (χ0n) is 13.6. The molecule has 0 aliphatic heterocycles. The van der Waals surface area contributed by atoms with Gasteiger partial charge in [0.15, 0.2) is 0 Å². The fourth-order valence-electron chi connectivity index (χ4n) is 2.14. The molecule has 1 amide bonds. The van der Waals surface area contributed by atoms with Gasteiger partial charge in [-0.05, 0) is 45.4 Å². The van der Waals surface area contributed by atoms with Gasteiger partial charge in [-0.3, -0.25) is 4.79 Å². The Balaban J connectivity index is 2.96. The number of ether oxygens (including phenoxy) is 2. The van der Waals surface area contributed by atoms with E-state index in [4.69, 9.17) is 9.47 Å². The second-order valence-electron chi connectivity index (χ2n) is 4.79. The lowest BCUT2D eigenvalue weighted by molar-refractivity contribution is 0.0772. The summed E-state index contributed by atoms with van der Waals surface area (Å²) < 4.78 is 11.2. The number of nitrogens with zero attached hydrogens (tertiary/aromatic N) is 1. The number of carbonyl (C=O) groups excluding carboxylic acids is 1. The van der Waals surface area contributed by atoms with E-state index in [0.29, 0.717) is 38.5 Å². The van der Waals surface area contributed by atoms with Crippen LogP contribution in [0.4, 0.5) is 0 Å². The Hall–Kier alpha value is -1.55. The van der Waals surface area contributed by atoms with Gasteiger partial charge in [0.2, 0.25) is 0 Å². The lowest BCUT2D eigenvalue weighted by Gasteiger charge is -2.19. The quantitative estimate of drug-likeness (QED) is 0.654. The van der Waals surface area contributed by atoms with E-state index in [9.17, 15) is 4.79 Å². The van der Waals surface area contributed by atoms with Crippen molar-refractivity contribution >= 4 is 5.91 Å². The number of carbonyl (C=O) groups is 1. The molecule has 21 heavy (non-hydrogen) atoms. The average molecular weight is 293 g/mol. The Kier molecular flexibility index (Phi) is 7.83. The Bertz CT molecular complexity index is 442. The van der Waals surface area contributed by atoms with E-state index in [1.54, 1.807) is 0 Å². The Morgan fingerprint density at radius 2 is 1.86 bits per heavy atom. The van der Waals surface area contributed by atoms with Crippen molar-refractivity contribution in [1.29, 1.82) is 0 Å². The first-order chi connectivity index (χ1) is 10.2. The standard InChI is InChI=1S/C17H27NO3/c1-5-11-20-13-15-12-14(9-10-16(15)21-8-4)17(19)18(6-2)7-3/h9-10,12H,5-8,11,13H2,1-4H3. The van der Waals surface area contributed by atoms with E-state index in [1.165, 1.54) is 0 Å². The van der Waals surface area contributed by atoms with E-state index in [-0.39, 0.29) is 5.91 Å². The molecule has 0 aromatic heterocycles. The molecule has 0 N–H and O–H groups in total. The first kappa shape index (κ1) is 17.5. The molecule has 4 nitrogen and oxygen atoms in total. The summed E-state index contributed by atoms with van der Waals surface area (Å²) in [5, 5.41) is 0. The van der Waals surface area contributed by atoms with Crippen LogP contribution in [-0.2, 0) is 11.3 Å². The average Bonchev–Trinajstić information content (AvgIpc) is 2.50. The third-order valence-corrected chi connectivity index (χ3v) is 3.26. The molecule has 1 aromatic rings. The van der Waals surface area contributed by atoms with Crippen LogP contribution in [-0.4, -0.2) is 37.1 Å². The predicted molar refractivity (Wildman–Crippen MR) is 84.8 cm³/mol. The summed E-state index contributed by atoms with van der Waals surface area (Å²) in [6.45, 7) is 11.2. The largest absolute Gasteiger partial charge is 0.494 e. The highest BCUT2D eigenvalue weighted by molar-refractivity contribution is 5.94. The maximum absolute atomic E-state index is 12.4. The van der Waals surface area contributed by atoms with Crippen molar-refractivity contribution in [2.24, 2.45) is 0 Å². The summed E-state index contributed by atoms with van der Waals surface area (Å²) >= 11 is 0. The van der Waals surface area contributed by atoms with Crippen LogP contribution >= 0.6 is 0 Å². The molecule has 1 aromatic carbocycles. The molecule has 0 spiro atoms. The molecule has 0 saturated carbocycles. The van der Waals surface area contributed by atoms with E-state index in [2.05, 4.69) is 6.92 Å². The fourth-order valence-corrected chi connectivity index (χ4v) is 2.14. The molecule has 0 radical (unpaired) electrons. The minimum absolute atomic E-state index is 0.0554. The second-order valence-corrected chi connectivity index (χ2v) is 4.79. The molecule has 0 unspecified atom stereocenters. The number of benzene rings is 1. The monoisotopic (exact) mass is 293 g/mol. The van der Waals surface area contributed by atoms with Crippen molar-refractivity contribution in [3.05, 3.63) is 29.3 Å². The maximum Gasteiger partial charge on any atom is 0.253 e. The smallest absolute Gasteiger partial charge is 0.253 e. The van der Waals surface area contributed by atoms with Crippen LogP contribution in [0.15, 0.2) is 18.2 Å². The van der Waals surface area contributed by atoms with Gasteiger partial charge in [-0.1, -0.05) is 6.92 Å². The lowest BCUT2D eigenvalue weighted by Crippen LogP contribution is -2.30. The molecule has 118 valence electrons. The van der Waals surface area contributed by atoms with Crippen molar-refractivity contribution in [2.45, 2.75) is 40.7 Å². The second kappa shape index (κ2) is 9.40. The van der Waals surface area contributed by atoms with E-state index in [0.717, 1.165) is 17.7 Å². The van der Waals surface area contributed by atoms with E-state index < -0.39 is 0 Å². The molecule has 0 saturated heterocycles. The Labute approximate surface area is 128 Å². The highest BCUT2D eigenvalue weighted by Crippen LogP contribution is 2.22. The van der Waals surface area contributed by atoms with Crippen molar-refractivity contribution in [1.82, 2.24) is 4.90 Å². The van der Waals surface area contributed by atoms with Crippen molar-refractivity contribution in [3.63, 3.8) is 0 Å². The van der Waals surface area contributed by atoms with Crippen LogP contribution in [0.1, 0.15) is 50.0 Å². The maximum atomic E-state index is 12.4. The third kappa shape index (κ3) is 5.05. The van der Waals surface area contributed by atoms with Gasteiger partial charge in [0.05, 0.1) is 13.2 Å². The zero-order valence-corrected chi connectivity index (χ0v) is 13.6. The Morgan fingerprint density at radius 1 is 1.14 bits per heavy atom. The van der Waals surface area contributed by atoms with Gasteiger partial charge in [-0.2, -0.15) is 0 Å². The van der Waals surface area contributed by atoms with E-state index in [1.807, 2.05) is 43.9 Å². The molecule has 0 heterocycles. The fraction of sp³-hybridized carbons (Fsp3) is 0.588. The van der Waals surface area contributed by atoms with Gasteiger partial charge >= 0.3 is 0 Å². The highest BCUT2D eigenvalue weighted by Gasteiger charge is 2.15. The van der Waals surface area contributed by atoms with Crippen LogP contribution in [0.2, 0.25) is 0 Å². The van der Waals surface area contributed by atoms with Crippen molar-refractivity contribution in [2.75, 3.05) is 26.3 Å². The predicted octanol–water partition coefficient (Wildman–Crippen LogP) is 3.49. The summed E-state index contributed by atoms with van der Waals surface area (Å²) in [6, 6.07) is 5.58. The first-order valence-electron chi connectivity index (χ1n) is 7.80. The summed E-state index contributed by atoms with van der Waals surface area (Å²) in [7, 11) is 0. The summed E-state index contributed by atoms with van der Waals surface area (Å²) in [5.41, 5.74) is 1.63. The number of hydrogen-bond acceptors (Lipinski definition) is 3. The number of rotatable bonds is 9. The normalized spacial score (nSPS) is 10.5. The molecular formula is C17H27NO3. The minimum atomic E-state index is 0.0554. The zero-order chi connectivity index (χ0) is 15.7. The minimum Gasteiger partial charge on any atom is -0.494 e. The molecule has 4 heteroatoms. The molecular weight excluding hydrogens is 266 g/mol. The van der Waals surface area contributed by atoms with Gasteiger partial charge < -0.3 is 14.4 Å². The molecule has 0 fully saturated rings. The van der Waals surface area contributed by atoms with Crippen LogP contribution in [0.25, 0.3) is 0 Å². The van der Waals surface area contributed by atoms with Gasteiger partial charge in [0.25, 0.3) is 5.91 Å². The third-order valence-electron chi connectivity index (χ3n) is 3.26. The topological polar surface area (TPSA) is 38.8 Å². The van der Waals surface area contributed by atoms with Crippen LogP contribution in [0.5, 0.6) is 5.75 Å². The number of hydrogen-bond donors (Lipinski definition) is 0. The van der Waals surface area contributed by atoms with Crippen LogP contribution in [0, 0.1) is 0 Å². The number of amides is 1. The molecule has 0 atom stereocenters. The van der Waals surface area contributed by atoms with Gasteiger partial charge in [-0.25, -0.2) is 0 Å². The first-order valence-corrected chi connectivity index (χ1v) is 7.80. The van der Waals surface area contributed by atoms with Gasteiger partial charge in [-0.15, -0.1) is 0 Å². The Morgan fingerprint density at radius 3 is 2.43 bits per heavy atom. The van der Waals surface area contributed by atoms with Crippen molar-refractivity contribution in [3.8, 4) is 5.75 Å². The molecule has 0 aliphatic rings. The molecule has 0 bridgehead atoms. The van der Waals surface area contributed by atoms with Crippen LogP contribution in [0.3, 0.4) is 0 Å². The summed E-state index contributed by atoms with van der Waals surface area (Å²) in [4.78, 5) is 14.2. The lowest BCUT2D eigenvalue weighted by atomic mass is 10.1. The van der Waals surface area contributed by atoms with Gasteiger partial charge in [0.1, 0.15) is 5.75 Å². The summed E-state index contributed by atoms with van der Waals surface area (Å²) in [5.74, 6) is 0.851. The molecule has 0 aliphatic carbocycles. The van der Waals surface area contributed by atoms with E-state index >= 15 is 0 Å². The van der Waals surface area contributed by atoms with Crippen LogP contribution < -0.4 is 4.74 Å². The SMILES string of the molecule is CCCOCc1cc(C(=O)N(CC)CC)ccc1OCC. The summed E-state index contributed by atoms with van der Waals surface area (Å²) in [6.07, 6.45) is 0.974. The highest BCUT2D eigenvalue weighted by atomic mass is 16.5.